The minimum Gasteiger partial charge on any atom is -0.343 e. The van der Waals surface area contributed by atoms with Crippen LogP contribution >= 0.6 is 0 Å². The van der Waals surface area contributed by atoms with E-state index >= 15 is 0 Å². The van der Waals surface area contributed by atoms with Gasteiger partial charge in [-0.05, 0) is 25.0 Å². The van der Waals surface area contributed by atoms with Crippen LogP contribution in [0.2, 0.25) is 0 Å². The Labute approximate surface area is 136 Å². The van der Waals surface area contributed by atoms with E-state index in [1.54, 1.807) is 4.90 Å². The number of carbonyl (C=O) groups excluding carboxylic acids is 2. The van der Waals surface area contributed by atoms with Crippen molar-refractivity contribution in [2.45, 2.75) is 40.0 Å². The molecule has 0 aromatic heterocycles. The molecule has 0 unspecified atom stereocenters. The summed E-state index contributed by atoms with van der Waals surface area (Å²) in [7, 11) is 0. The van der Waals surface area contributed by atoms with Crippen molar-refractivity contribution < 1.29 is 18.4 Å². The van der Waals surface area contributed by atoms with Crippen molar-refractivity contribution in [2.24, 2.45) is 0 Å². The monoisotopic (exact) mass is 326 g/mol. The van der Waals surface area contributed by atoms with Gasteiger partial charge >= 0.3 is 0 Å². The molecule has 1 aromatic carbocycles. The highest BCUT2D eigenvalue weighted by Gasteiger charge is 2.19. The van der Waals surface area contributed by atoms with Crippen LogP contribution in [0.25, 0.3) is 0 Å². The summed E-state index contributed by atoms with van der Waals surface area (Å²) in [6.45, 7) is 6.68. The van der Waals surface area contributed by atoms with Gasteiger partial charge in [-0.3, -0.25) is 9.59 Å². The highest BCUT2D eigenvalue weighted by atomic mass is 19.1. The van der Waals surface area contributed by atoms with Crippen LogP contribution in [0.3, 0.4) is 0 Å². The Morgan fingerprint density at radius 2 is 1.65 bits per heavy atom. The molecule has 0 saturated carbocycles. The van der Waals surface area contributed by atoms with Crippen molar-refractivity contribution >= 4 is 17.5 Å². The maximum atomic E-state index is 13.9. The first-order chi connectivity index (χ1) is 10.9. The van der Waals surface area contributed by atoms with E-state index in [4.69, 9.17) is 0 Å². The van der Waals surface area contributed by atoms with Crippen LogP contribution in [-0.4, -0.2) is 36.3 Å². The number of nitrogens with zero attached hydrogens (tertiary/aromatic N) is 2. The maximum absolute atomic E-state index is 13.9. The van der Waals surface area contributed by atoms with E-state index in [9.17, 15) is 18.4 Å². The molecule has 0 aliphatic heterocycles. The van der Waals surface area contributed by atoms with E-state index in [1.807, 2.05) is 13.8 Å². The first-order valence-corrected chi connectivity index (χ1v) is 7.91. The van der Waals surface area contributed by atoms with Crippen molar-refractivity contribution in [3.8, 4) is 0 Å². The average molecular weight is 326 g/mol. The topological polar surface area (TPSA) is 40.6 Å². The zero-order chi connectivity index (χ0) is 17.4. The normalized spacial score (nSPS) is 10.5. The molecule has 0 spiro atoms. The van der Waals surface area contributed by atoms with Crippen LogP contribution in [0, 0.1) is 11.6 Å². The first kappa shape index (κ1) is 19.1. The zero-order valence-electron chi connectivity index (χ0n) is 13.9. The molecule has 0 fully saturated rings. The van der Waals surface area contributed by atoms with Crippen LogP contribution in [0.1, 0.15) is 40.0 Å². The first-order valence-electron chi connectivity index (χ1n) is 7.91. The number of halogens is 2. The summed E-state index contributed by atoms with van der Waals surface area (Å²) in [5, 5.41) is 0. The minimum atomic E-state index is -0.813. The van der Waals surface area contributed by atoms with Crippen molar-refractivity contribution in [3.63, 3.8) is 0 Å². The fourth-order valence-corrected chi connectivity index (χ4v) is 2.41. The number of hydrogen-bond donors (Lipinski definition) is 0. The molecule has 0 atom stereocenters. The molecule has 0 N–H and O–H groups in total. The minimum absolute atomic E-state index is 0.00997. The molecule has 0 radical (unpaired) electrons. The van der Waals surface area contributed by atoms with Crippen molar-refractivity contribution in [1.29, 1.82) is 0 Å². The van der Waals surface area contributed by atoms with Crippen LogP contribution in [0.5, 0.6) is 0 Å². The third-order valence-corrected chi connectivity index (χ3v) is 3.47. The van der Waals surface area contributed by atoms with E-state index in [0.29, 0.717) is 13.1 Å². The Bertz CT molecular complexity index is 543. The molecule has 23 heavy (non-hydrogen) atoms. The standard InChI is InChI=1S/C17H24F2N2O2/c1-4-9-20(10-5-2)17(23)8-11-21(13(3)22)16-7-6-14(18)12-15(16)19/h6-7,12H,4-5,8-11H2,1-3H3. The van der Waals surface area contributed by atoms with E-state index in [-0.39, 0.29) is 30.5 Å². The molecule has 4 nitrogen and oxygen atoms in total. The van der Waals surface area contributed by atoms with E-state index < -0.39 is 11.6 Å². The molecular weight excluding hydrogens is 302 g/mol. The molecule has 0 bridgehead atoms. The summed E-state index contributed by atoms with van der Waals surface area (Å²) in [5.41, 5.74) is -0.00997. The molecule has 1 rings (SSSR count). The number of anilines is 1. The Morgan fingerprint density at radius 3 is 2.13 bits per heavy atom. The third kappa shape index (κ3) is 5.62. The summed E-state index contributed by atoms with van der Waals surface area (Å²) in [6, 6.07) is 3.04. The van der Waals surface area contributed by atoms with E-state index in [0.717, 1.165) is 25.0 Å². The Hall–Kier alpha value is -1.98. The number of rotatable bonds is 8. The largest absolute Gasteiger partial charge is 0.343 e. The Morgan fingerprint density at radius 1 is 1.04 bits per heavy atom. The SMILES string of the molecule is CCCN(CCC)C(=O)CCN(C(C)=O)c1ccc(F)cc1F. The Kier molecular flexibility index (Phi) is 7.65. The lowest BCUT2D eigenvalue weighted by atomic mass is 10.2. The van der Waals surface area contributed by atoms with Crippen molar-refractivity contribution in [1.82, 2.24) is 4.90 Å². The van der Waals surface area contributed by atoms with E-state index in [1.165, 1.54) is 17.9 Å². The zero-order valence-corrected chi connectivity index (χ0v) is 13.9. The predicted octanol–water partition coefficient (Wildman–Crippen LogP) is 3.36. The highest BCUT2D eigenvalue weighted by molar-refractivity contribution is 5.92. The second kappa shape index (κ2) is 9.22. The van der Waals surface area contributed by atoms with Gasteiger partial charge in [-0.2, -0.15) is 0 Å². The molecule has 0 aliphatic rings. The smallest absolute Gasteiger partial charge is 0.224 e. The van der Waals surface area contributed by atoms with Gasteiger partial charge in [0.2, 0.25) is 11.8 Å². The summed E-state index contributed by atoms with van der Waals surface area (Å²) >= 11 is 0. The highest BCUT2D eigenvalue weighted by Crippen LogP contribution is 2.21. The average Bonchev–Trinajstić information content (AvgIpc) is 2.48. The summed E-state index contributed by atoms with van der Waals surface area (Å²) in [4.78, 5) is 26.9. The summed E-state index contributed by atoms with van der Waals surface area (Å²) in [5.74, 6) is -1.97. The van der Waals surface area contributed by atoms with E-state index in [2.05, 4.69) is 0 Å². The van der Waals surface area contributed by atoms with Gasteiger partial charge in [0.15, 0.2) is 0 Å². The fraction of sp³-hybridized carbons (Fsp3) is 0.529. The molecule has 2 amide bonds. The number of carbonyl (C=O) groups is 2. The van der Waals surface area contributed by atoms with Crippen LogP contribution in [0.15, 0.2) is 18.2 Å². The van der Waals surface area contributed by atoms with Gasteiger partial charge in [0.25, 0.3) is 0 Å². The van der Waals surface area contributed by atoms with Gasteiger partial charge in [-0.25, -0.2) is 8.78 Å². The lowest BCUT2D eigenvalue weighted by Gasteiger charge is -2.25. The van der Waals surface area contributed by atoms with Crippen molar-refractivity contribution in [2.75, 3.05) is 24.5 Å². The lowest BCUT2D eigenvalue weighted by Crippen LogP contribution is -2.37. The van der Waals surface area contributed by atoms with Crippen LogP contribution < -0.4 is 4.90 Å². The fourth-order valence-electron chi connectivity index (χ4n) is 2.41. The van der Waals surface area contributed by atoms with Crippen LogP contribution in [0.4, 0.5) is 14.5 Å². The second-order valence-corrected chi connectivity index (χ2v) is 5.40. The second-order valence-electron chi connectivity index (χ2n) is 5.40. The van der Waals surface area contributed by atoms with Gasteiger partial charge in [0, 0.05) is 39.0 Å². The quantitative estimate of drug-likeness (QED) is 0.735. The van der Waals surface area contributed by atoms with Gasteiger partial charge in [-0.1, -0.05) is 13.8 Å². The van der Waals surface area contributed by atoms with Crippen molar-refractivity contribution in [3.05, 3.63) is 29.8 Å². The summed E-state index contributed by atoms with van der Waals surface area (Å²) in [6.07, 6.45) is 1.82. The third-order valence-electron chi connectivity index (χ3n) is 3.47. The van der Waals surface area contributed by atoms with Gasteiger partial charge in [-0.15, -0.1) is 0 Å². The number of benzene rings is 1. The number of hydrogen-bond acceptors (Lipinski definition) is 2. The van der Waals surface area contributed by atoms with Crippen LogP contribution in [-0.2, 0) is 9.59 Å². The molecular formula is C17H24F2N2O2. The molecule has 0 heterocycles. The van der Waals surface area contributed by atoms with Gasteiger partial charge < -0.3 is 9.80 Å². The van der Waals surface area contributed by atoms with Gasteiger partial charge in [0.05, 0.1) is 5.69 Å². The predicted molar refractivity (Wildman–Crippen MR) is 86.2 cm³/mol. The molecule has 128 valence electrons. The molecule has 6 heteroatoms. The molecule has 0 saturated heterocycles. The number of amides is 2. The van der Waals surface area contributed by atoms with Gasteiger partial charge in [0.1, 0.15) is 11.6 Å². The maximum Gasteiger partial charge on any atom is 0.224 e. The summed E-state index contributed by atoms with van der Waals surface area (Å²) < 4.78 is 26.9. The lowest BCUT2D eigenvalue weighted by molar-refractivity contribution is -0.131. The Balaban J connectivity index is 2.80. The molecule has 1 aromatic rings. The molecule has 0 aliphatic carbocycles.